The van der Waals surface area contributed by atoms with Crippen LogP contribution >= 0.6 is 11.8 Å². The van der Waals surface area contributed by atoms with Gasteiger partial charge in [0.1, 0.15) is 0 Å². The van der Waals surface area contributed by atoms with Gasteiger partial charge in [0.2, 0.25) is 0 Å². The Morgan fingerprint density at radius 1 is 1.50 bits per heavy atom. The number of nitrogens with zero attached hydrogens (tertiary/aromatic N) is 2. The first-order chi connectivity index (χ1) is 8.67. The quantitative estimate of drug-likeness (QED) is 0.389. The molecule has 0 aliphatic heterocycles. The maximum absolute atomic E-state index is 11.8. The van der Waals surface area contributed by atoms with Crippen molar-refractivity contribution in [1.82, 2.24) is 15.5 Å². The summed E-state index contributed by atoms with van der Waals surface area (Å²) in [6.45, 7) is 4.11. The Morgan fingerprint density at radius 2 is 2.28 bits per heavy atom. The van der Waals surface area contributed by atoms with Crippen LogP contribution in [0.1, 0.15) is 30.8 Å². The molecular weight excluding hydrogens is 250 g/mol. The number of hydrazine groups is 1. The molecule has 4 N–H and O–H groups in total. The molecule has 0 bridgehead atoms. The Labute approximate surface area is 111 Å². The van der Waals surface area contributed by atoms with E-state index in [2.05, 4.69) is 27.9 Å². The fourth-order valence-electron chi connectivity index (χ4n) is 1.30. The zero-order chi connectivity index (χ0) is 13.4. The van der Waals surface area contributed by atoms with E-state index in [1.807, 2.05) is 18.7 Å². The predicted molar refractivity (Wildman–Crippen MR) is 74.4 cm³/mol. The van der Waals surface area contributed by atoms with Gasteiger partial charge in [-0.1, -0.05) is 6.92 Å². The summed E-state index contributed by atoms with van der Waals surface area (Å²) < 4.78 is 0. The molecule has 1 rings (SSSR count). The highest BCUT2D eigenvalue weighted by molar-refractivity contribution is 7.99. The molecule has 0 fully saturated rings. The number of rotatable bonds is 7. The van der Waals surface area contributed by atoms with E-state index in [4.69, 9.17) is 5.84 Å². The summed E-state index contributed by atoms with van der Waals surface area (Å²) in [5.41, 5.74) is 2.66. The van der Waals surface area contributed by atoms with Gasteiger partial charge in [0.25, 0.3) is 5.91 Å². The van der Waals surface area contributed by atoms with Crippen molar-refractivity contribution < 1.29 is 4.79 Å². The lowest BCUT2D eigenvalue weighted by Crippen LogP contribution is -2.33. The summed E-state index contributed by atoms with van der Waals surface area (Å²) in [6.07, 6.45) is 0.945. The molecule has 0 aliphatic carbocycles. The number of anilines is 1. The van der Waals surface area contributed by atoms with Gasteiger partial charge in [-0.2, -0.15) is 11.8 Å². The molecule has 6 nitrogen and oxygen atoms in total. The molecule has 1 aromatic heterocycles. The van der Waals surface area contributed by atoms with E-state index in [0.29, 0.717) is 11.5 Å². The molecule has 1 aromatic rings. The van der Waals surface area contributed by atoms with Gasteiger partial charge in [0.05, 0.1) is 0 Å². The number of thioether (sulfide) groups is 1. The number of nitrogen functional groups attached to an aromatic ring is 1. The van der Waals surface area contributed by atoms with Crippen molar-refractivity contribution in [2.75, 3.05) is 16.9 Å². The maximum Gasteiger partial charge on any atom is 0.272 e. The van der Waals surface area contributed by atoms with Gasteiger partial charge in [-0.05, 0) is 37.0 Å². The van der Waals surface area contributed by atoms with Crippen molar-refractivity contribution in [3.8, 4) is 0 Å². The summed E-state index contributed by atoms with van der Waals surface area (Å²) in [4.78, 5) is 11.8. The standard InChI is InChI=1S/C11H19N5OS/c1-3-18-7-6-8(2)13-11(17)9-4-5-10(14-12)16-15-9/h4-5,8H,3,6-7,12H2,1-2H3,(H,13,17)(H,14,16). The number of amides is 1. The van der Waals surface area contributed by atoms with Crippen LogP contribution in [-0.4, -0.2) is 33.7 Å². The van der Waals surface area contributed by atoms with E-state index in [0.717, 1.165) is 17.9 Å². The molecule has 1 amide bonds. The van der Waals surface area contributed by atoms with E-state index in [1.54, 1.807) is 12.1 Å². The Hall–Kier alpha value is -1.34. The second kappa shape index (κ2) is 7.88. The van der Waals surface area contributed by atoms with Gasteiger partial charge in [-0.15, -0.1) is 10.2 Å². The van der Waals surface area contributed by atoms with Gasteiger partial charge in [0, 0.05) is 6.04 Å². The minimum atomic E-state index is -0.208. The van der Waals surface area contributed by atoms with Crippen LogP contribution in [0.25, 0.3) is 0 Å². The Kier molecular flexibility index (Phi) is 6.45. The average Bonchev–Trinajstić information content (AvgIpc) is 2.39. The summed E-state index contributed by atoms with van der Waals surface area (Å²) in [5, 5.41) is 10.4. The summed E-state index contributed by atoms with van der Waals surface area (Å²) in [7, 11) is 0. The van der Waals surface area contributed by atoms with Gasteiger partial charge in [0.15, 0.2) is 11.5 Å². The molecule has 0 saturated heterocycles. The average molecular weight is 269 g/mol. The minimum absolute atomic E-state index is 0.130. The lowest BCUT2D eigenvalue weighted by Gasteiger charge is -2.12. The summed E-state index contributed by atoms with van der Waals surface area (Å²) >= 11 is 1.86. The van der Waals surface area contributed by atoms with Crippen LogP contribution in [0.4, 0.5) is 5.82 Å². The highest BCUT2D eigenvalue weighted by Gasteiger charge is 2.11. The van der Waals surface area contributed by atoms with Crippen molar-refractivity contribution in [2.24, 2.45) is 5.84 Å². The lowest BCUT2D eigenvalue weighted by atomic mass is 10.2. The van der Waals surface area contributed by atoms with Crippen LogP contribution in [0.5, 0.6) is 0 Å². The molecule has 1 heterocycles. The van der Waals surface area contributed by atoms with Gasteiger partial charge in [-0.3, -0.25) is 4.79 Å². The third-order valence-electron chi connectivity index (χ3n) is 2.32. The molecule has 100 valence electrons. The topological polar surface area (TPSA) is 92.9 Å². The molecule has 0 aliphatic rings. The van der Waals surface area contributed by atoms with Crippen LogP contribution in [-0.2, 0) is 0 Å². The normalized spacial score (nSPS) is 11.9. The van der Waals surface area contributed by atoms with Crippen LogP contribution in [0.2, 0.25) is 0 Å². The lowest BCUT2D eigenvalue weighted by molar-refractivity contribution is 0.0933. The van der Waals surface area contributed by atoms with E-state index >= 15 is 0 Å². The first-order valence-electron chi connectivity index (χ1n) is 5.86. The molecule has 0 aromatic carbocycles. The molecule has 1 unspecified atom stereocenters. The van der Waals surface area contributed by atoms with Crippen LogP contribution in [0.3, 0.4) is 0 Å². The monoisotopic (exact) mass is 269 g/mol. The second-order valence-electron chi connectivity index (χ2n) is 3.81. The number of hydrogen-bond donors (Lipinski definition) is 3. The number of nitrogens with one attached hydrogen (secondary N) is 2. The van der Waals surface area contributed by atoms with Gasteiger partial charge >= 0.3 is 0 Å². The van der Waals surface area contributed by atoms with Crippen molar-refractivity contribution >= 4 is 23.5 Å². The first kappa shape index (κ1) is 14.7. The Balaban J connectivity index is 2.43. The molecule has 0 radical (unpaired) electrons. The highest BCUT2D eigenvalue weighted by Crippen LogP contribution is 2.05. The Bertz CT molecular complexity index is 370. The van der Waals surface area contributed by atoms with Gasteiger partial charge < -0.3 is 10.7 Å². The van der Waals surface area contributed by atoms with Crippen LogP contribution in [0, 0.1) is 0 Å². The van der Waals surface area contributed by atoms with Crippen LogP contribution < -0.4 is 16.6 Å². The van der Waals surface area contributed by atoms with Crippen molar-refractivity contribution in [2.45, 2.75) is 26.3 Å². The number of carbonyl (C=O) groups excluding carboxylic acids is 1. The zero-order valence-electron chi connectivity index (χ0n) is 10.6. The predicted octanol–water partition coefficient (Wildman–Crippen LogP) is 1.02. The minimum Gasteiger partial charge on any atom is -0.348 e. The van der Waals surface area contributed by atoms with E-state index < -0.39 is 0 Å². The fraction of sp³-hybridized carbons (Fsp3) is 0.545. The molecule has 1 atom stereocenters. The maximum atomic E-state index is 11.8. The first-order valence-corrected chi connectivity index (χ1v) is 7.01. The van der Waals surface area contributed by atoms with Crippen molar-refractivity contribution in [3.63, 3.8) is 0 Å². The smallest absolute Gasteiger partial charge is 0.272 e. The van der Waals surface area contributed by atoms with Crippen LogP contribution in [0.15, 0.2) is 12.1 Å². The zero-order valence-corrected chi connectivity index (χ0v) is 11.5. The third-order valence-corrected chi connectivity index (χ3v) is 3.25. The number of aromatic nitrogens is 2. The van der Waals surface area contributed by atoms with Crippen molar-refractivity contribution in [1.29, 1.82) is 0 Å². The molecule has 0 saturated carbocycles. The number of carbonyl (C=O) groups is 1. The largest absolute Gasteiger partial charge is 0.348 e. The number of nitrogens with two attached hydrogens (primary N) is 1. The third kappa shape index (κ3) is 4.89. The fourth-order valence-corrected chi connectivity index (χ4v) is 2.11. The second-order valence-corrected chi connectivity index (χ2v) is 5.20. The Morgan fingerprint density at radius 3 is 2.83 bits per heavy atom. The molecule has 18 heavy (non-hydrogen) atoms. The van der Waals surface area contributed by atoms with Gasteiger partial charge in [-0.25, -0.2) is 5.84 Å². The molecule has 0 spiro atoms. The van der Waals surface area contributed by atoms with E-state index in [9.17, 15) is 4.79 Å². The summed E-state index contributed by atoms with van der Waals surface area (Å²) in [5.74, 6) is 7.53. The molecular formula is C11H19N5OS. The SMILES string of the molecule is CCSCCC(C)NC(=O)c1ccc(NN)nn1. The summed E-state index contributed by atoms with van der Waals surface area (Å²) in [6, 6.07) is 3.33. The molecule has 7 heteroatoms. The van der Waals surface area contributed by atoms with E-state index in [-0.39, 0.29) is 11.9 Å². The van der Waals surface area contributed by atoms with Crippen molar-refractivity contribution in [3.05, 3.63) is 17.8 Å². The van der Waals surface area contributed by atoms with E-state index in [1.165, 1.54) is 0 Å². The highest BCUT2D eigenvalue weighted by atomic mass is 32.2. The number of hydrogen-bond acceptors (Lipinski definition) is 6.